The number of nitrogens with one attached hydrogen (secondary N) is 1. The number of rotatable bonds is 7. The van der Waals surface area contributed by atoms with E-state index in [1.165, 1.54) is 0 Å². The first-order valence-electron chi connectivity index (χ1n) is 8.62. The van der Waals surface area contributed by atoms with E-state index in [-0.39, 0.29) is 12.3 Å². The quantitative estimate of drug-likeness (QED) is 0.767. The molecule has 7 heteroatoms. The van der Waals surface area contributed by atoms with Crippen molar-refractivity contribution in [3.8, 4) is 5.75 Å². The van der Waals surface area contributed by atoms with Crippen LogP contribution < -0.4 is 15.0 Å². The first kappa shape index (κ1) is 17.7. The summed E-state index contributed by atoms with van der Waals surface area (Å²) in [5, 5.41) is 2.82. The molecule has 3 rings (SSSR count). The van der Waals surface area contributed by atoms with Crippen molar-refractivity contribution in [2.75, 3.05) is 43.0 Å². The van der Waals surface area contributed by atoms with Crippen LogP contribution in [0.5, 0.6) is 5.75 Å². The van der Waals surface area contributed by atoms with Gasteiger partial charge in [-0.2, -0.15) is 0 Å². The van der Waals surface area contributed by atoms with Crippen molar-refractivity contribution >= 4 is 23.8 Å². The number of ether oxygens (including phenoxy) is 1. The molecule has 1 fully saturated rings. The summed E-state index contributed by atoms with van der Waals surface area (Å²) in [7, 11) is 0. The summed E-state index contributed by atoms with van der Waals surface area (Å²) in [4.78, 5) is 31.0. The molecular formula is C19H22N4O3. The van der Waals surface area contributed by atoms with Gasteiger partial charge in [0, 0.05) is 26.2 Å². The first-order valence-corrected chi connectivity index (χ1v) is 8.62. The normalized spacial score (nSPS) is 14.0. The smallest absolute Gasteiger partial charge is 0.227 e. The lowest BCUT2D eigenvalue weighted by Crippen LogP contribution is -2.46. The van der Waals surface area contributed by atoms with Crippen molar-refractivity contribution in [2.24, 2.45) is 0 Å². The van der Waals surface area contributed by atoms with Crippen molar-refractivity contribution < 1.29 is 14.3 Å². The van der Waals surface area contributed by atoms with Gasteiger partial charge in [0.05, 0.1) is 24.9 Å². The minimum Gasteiger partial charge on any atom is -0.493 e. The van der Waals surface area contributed by atoms with E-state index >= 15 is 0 Å². The van der Waals surface area contributed by atoms with Gasteiger partial charge in [-0.05, 0) is 24.3 Å². The lowest BCUT2D eigenvalue weighted by Gasteiger charge is -2.33. The Morgan fingerprint density at radius 1 is 1.12 bits per heavy atom. The van der Waals surface area contributed by atoms with E-state index in [0.717, 1.165) is 31.1 Å². The van der Waals surface area contributed by atoms with E-state index < -0.39 is 0 Å². The number of para-hydroxylation sites is 1. The summed E-state index contributed by atoms with van der Waals surface area (Å²) in [6, 6.07) is 13.1. The van der Waals surface area contributed by atoms with Crippen LogP contribution in [0, 0.1) is 0 Å². The number of aromatic nitrogens is 1. The number of anilines is 2. The van der Waals surface area contributed by atoms with Gasteiger partial charge in [0.25, 0.3) is 0 Å². The van der Waals surface area contributed by atoms with E-state index in [2.05, 4.69) is 15.2 Å². The van der Waals surface area contributed by atoms with Crippen molar-refractivity contribution in [1.29, 1.82) is 0 Å². The third-order valence-corrected chi connectivity index (χ3v) is 4.16. The fourth-order valence-electron chi connectivity index (χ4n) is 2.71. The number of pyridine rings is 1. The molecule has 26 heavy (non-hydrogen) atoms. The number of hydrogen-bond donors (Lipinski definition) is 1. The second-order valence-electron chi connectivity index (χ2n) is 5.99. The van der Waals surface area contributed by atoms with Gasteiger partial charge >= 0.3 is 0 Å². The van der Waals surface area contributed by atoms with Gasteiger partial charge in [0.15, 0.2) is 0 Å². The zero-order valence-electron chi connectivity index (χ0n) is 14.5. The van der Waals surface area contributed by atoms with Crippen LogP contribution in [0.1, 0.15) is 6.42 Å². The molecule has 1 aromatic carbocycles. The predicted molar refractivity (Wildman–Crippen MR) is 99.3 cm³/mol. The molecule has 1 aliphatic rings. The molecule has 0 atom stereocenters. The number of hydrogen-bond acceptors (Lipinski definition) is 5. The molecule has 1 aliphatic heterocycles. The molecular weight excluding hydrogens is 332 g/mol. The number of amides is 2. The molecule has 1 saturated heterocycles. The Labute approximate surface area is 152 Å². The third-order valence-electron chi connectivity index (χ3n) is 4.16. The van der Waals surface area contributed by atoms with E-state index in [1.54, 1.807) is 11.1 Å². The minimum atomic E-state index is -0.116. The first-order chi connectivity index (χ1) is 12.7. The molecule has 7 nitrogen and oxygen atoms in total. The average Bonchev–Trinajstić information content (AvgIpc) is 2.69. The van der Waals surface area contributed by atoms with Crippen molar-refractivity contribution in [3.05, 3.63) is 48.7 Å². The lowest BCUT2D eigenvalue weighted by molar-refractivity contribution is -0.118. The Morgan fingerprint density at radius 3 is 2.54 bits per heavy atom. The highest BCUT2D eigenvalue weighted by molar-refractivity contribution is 5.90. The highest BCUT2D eigenvalue weighted by Crippen LogP contribution is 2.16. The number of piperazine rings is 1. The fourth-order valence-corrected chi connectivity index (χ4v) is 2.71. The lowest BCUT2D eigenvalue weighted by atomic mass is 10.3. The maximum Gasteiger partial charge on any atom is 0.227 e. The molecule has 0 radical (unpaired) electrons. The van der Waals surface area contributed by atoms with Gasteiger partial charge in [-0.1, -0.05) is 18.2 Å². The van der Waals surface area contributed by atoms with Crippen LogP contribution in [0.4, 0.5) is 11.5 Å². The van der Waals surface area contributed by atoms with Crippen molar-refractivity contribution in [3.63, 3.8) is 0 Å². The molecule has 0 spiro atoms. The molecule has 136 valence electrons. The van der Waals surface area contributed by atoms with Crippen LogP contribution in [0.25, 0.3) is 0 Å². The maximum atomic E-state index is 12.0. The monoisotopic (exact) mass is 354 g/mol. The van der Waals surface area contributed by atoms with Gasteiger partial charge in [0.1, 0.15) is 11.6 Å². The molecule has 0 bridgehead atoms. The summed E-state index contributed by atoms with van der Waals surface area (Å²) >= 11 is 0. The zero-order chi connectivity index (χ0) is 18.2. The van der Waals surface area contributed by atoms with E-state index in [0.29, 0.717) is 25.4 Å². The van der Waals surface area contributed by atoms with Crippen molar-refractivity contribution in [1.82, 2.24) is 9.88 Å². The molecule has 1 aromatic heterocycles. The van der Waals surface area contributed by atoms with Crippen LogP contribution >= 0.6 is 0 Å². The standard InChI is InChI=1S/C19H22N4O3/c24-15-22-9-11-23(12-10-22)18-7-6-16(14-20-18)21-19(25)8-13-26-17-4-2-1-3-5-17/h1-7,14-15H,8-13H2,(H,21,25). The Kier molecular flexibility index (Phi) is 6.03. The minimum absolute atomic E-state index is 0.116. The molecule has 0 unspecified atom stereocenters. The summed E-state index contributed by atoms with van der Waals surface area (Å²) in [5.74, 6) is 1.48. The third kappa shape index (κ3) is 4.95. The second-order valence-corrected chi connectivity index (χ2v) is 5.99. The molecule has 0 saturated carbocycles. The zero-order valence-corrected chi connectivity index (χ0v) is 14.5. The average molecular weight is 354 g/mol. The Morgan fingerprint density at radius 2 is 1.88 bits per heavy atom. The number of nitrogens with zero attached hydrogens (tertiary/aromatic N) is 3. The molecule has 2 amide bonds. The Hall–Kier alpha value is -3.09. The van der Waals surface area contributed by atoms with Gasteiger partial charge in [-0.25, -0.2) is 4.98 Å². The summed E-state index contributed by atoms with van der Waals surface area (Å²) < 4.78 is 5.52. The molecule has 1 N–H and O–H groups in total. The Bertz CT molecular complexity index is 713. The Balaban J connectivity index is 1.43. The predicted octanol–water partition coefficient (Wildman–Crippen LogP) is 1.77. The van der Waals surface area contributed by atoms with Gasteiger partial charge in [-0.15, -0.1) is 0 Å². The van der Waals surface area contributed by atoms with E-state index in [4.69, 9.17) is 4.74 Å². The van der Waals surface area contributed by atoms with Gasteiger partial charge in [-0.3, -0.25) is 9.59 Å². The summed E-state index contributed by atoms with van der Waals surface area (Å²) in [5.41, 5.74) is 0.657. The fraction of sp³-hybridized carbons (Fsp3) is 0.316. The topological polar surface area (TPSA) is 74.8 Å². The highest BCUT2D eigenvalue weighted by atomic mass is 16.5. The van der Waals surface area contributed by atoms with E-state index in [9.17, 15) is 9.59 Å². The molecule has 0 aliphatic carbocycles. The number of benzene rings is 1. The van der Waals surface area contributed by atoms with Crippen LogP contribution in [-0.4, -0.2) is 55.0 Å². The van der Waals surface area contributed by atoms with Crippen LogP contribution in [-0.2, 0) is 9.59 Å². The second kappa shape index (κ2) is 8.84. The molecule has 2 aromatic rings. The van der Waals surface area contributed by atoms with Crippen LogP contribution in [0.15, 0.2) is 48.7 Å². The van der Waals surface area contributed by atoms with Crippen LogP contribution in [0.2, 0.25) is 0 Å². The summed E-state index contributed by atoms with van der Waals surface area (Å²) in [6.45, 7) is 3.24. The molecule has 2 heterocycles. The van der Waals surface area contributed by atoms with Gasteiger partial charge < -0.3 is 19.9 Å². The SMILES string of the molecule is O=CN1CCN(c2ccc(NC(=O)CCOc3ccccc3)cn2)CC1. The maximum absolute atomic E-state index is 12.0. The van der Waals surface area contributed by atoms with Crippen molar-refractivity contribution in [2.45, 2.75) is 6.42 Å². The van der Waals surface area contributed by atoms with E-state index in [1.807, 2.05) is 42.5 Å². The number of carbonyl (C=O) groups is 2. The largest absolute Gasteiger partial charge is 0.493 e. The summed E-state index contributed by atoms with van der Waals surface area (Å²) in [6.07, 6.45) is 2.80. The van der Waals surface area contributed by atoms with Crippen LogP contribution in [0.3, 0.4) is 0 Å². The van der Waals surface area contributed by atoms with Gasteiger partial charge in [0.2, 0.25) is 12.3 Å². The number of carbonyl (C=O) groups excluding carboxylic acids is 2. The highest BCUT2D eigenvalue weighted by Gasteiger charge is 2.16.